The Hall–Kier alpha value is -3.05. The molecule has 1 saturated heterocycles. The van der Waals surface area contributed by atoms with Crippen LogP contribution < -0.4 is 21.7 Å². The average molecular weight is 568 g/mol. The number of piperazine rings is 1. The number of carbonyl (C=O) groups is 1. The van der Waals surface area contributed by atoms with Crippen LogP contribution in [0.5, 0.6) is 0 Å². The first kappa shape index (κ1) is 27.0. The molecule has 0 aliphatic carbocycles. The second kappa shape index (κ2) is 13.5. The zero-order valence-corrected chi connectivity index (χ0v) is 22.7. The van der Waals surface area contributed by atoms with E-state index in [1.807, 2.05) is 54.6 Å². The van der Waals surface area contributed by atoms with Crippen LogP contribution in [-0.4, -0.2) is 78.0 Å². The van der Waals surface area contributed by atoms with Gasteiger partial charge in [-0.15, -0.1) is 0 Å². The summed E-state index contributed by atoms with van der Waals surface area (Å²) in [5.74, 6) is 0.977. The molecule has 0 saturated carbocycles. The number of halogens is 1. The van der Waals surface area contributed by atoms with Crippen LogP contribution in [0.15, 0.2) is 65.3 Å². The molecule has 1 fully saturated rings. The van der Waals surface area contributed by atoms with Crippen LogP contribution in [-0.2, 0) is 11.2 Å². The number of hydrogen-bond acceptors (Lipinski definition) is 8. The number of rotatable bonds is 11. The Morgan fingerprint density at radius 2 is 1.84 bits per heavy atom. The number of benzene rings is 2. The number of anilines is 4. The van der Waals surface area contributed by atoms with E-state index in [1.54, 1.807) is 6.20 Å². The fourth-order valence-electron chi connectivity index (χ4n) is 4.13. The fraction of sp³-hybridized carbons (Fsp3) is 0.370. The molecule has 0 spiro atoms. The molecule has 1 unspecified atom stereocenters. The van der Waals surface area contributed by atoms with E-state index in [4.69, 9.17) is 5.73 Å². The van der Waals surface area contributed by atoms with Crippen molar-refractivity contribution >= 4 is 45.0 Å². The minimum Gasteiger partial charge on any atom is -0.369 e. The van der Waals surface area contributed by atoms with Crippen LogP contribution in [0.2, 0.25) is 0 Å². The van der Waals surface area contributed by atoms with Gasteiger partial charge in [-0.05, 0) is 66.1 Å². The van der Waals surface area contributed by atoms with Crippen molar-refractivity contribution in [3.8, 4) is 0 Å². The number of carbonyl (C=O) groups excluding carboxylic acids is 1. The third-order valence-corrected chi connectivity index (χ3v) is 6.89. The Labute approximate surface area is 227 Å². The molecule has 0 bridgehead atoms. The van der Waals surface area contributed by atoms with Crippen molar-refractivity contribution in [3.63, 3.8) is 0 Å². The molecule has 0 radical (unpaired) electrons. The monoisotopic (exact) mass is 566 g/mol. The Morgan fingerprint density at radius 1 is 1.08 bits per heavy atom. The fourth-order valence-corrected chi connectivity index (χ4v) is 4.46. The van der Waals surface area contributed by atoms with E-state index in [9.17, 15) is 4.79 Å². The van der Waals surface area contributed by atoms with Gasteiger partial charge in [0.05, 0.1) is 10.5 Å². The summed E-state index contributed by atoms with van der Waals surface area (Å²) in [6.07, 6.45) is 3.24. The molecule has 3 aromatic rings. The molecule has 1 aliphatic heterocycles. The first-order valence-electron chi connectivity index (χ1n) is 12.6. The summed E-state index contributed by atoms with van der Waals surface area (Å²) in [4.78, 5) is 26.5. The zero-order valence-electron chi connectivity index (χ0n) is 21.2. The van der Waals surface area contributed by atoms with Crippen molar-refractivity contribution in [2.75, 3.05) is 62.3 Å². The van der Waals surface area contributed by atoms with Crippen molar-refractivity contribution < 1.29 is 4.79 Å². The van der Waals surface area contributed by atoms with E-state index >= 15 is 0 Å². The molecule has 9 nitrogen and oxygen atoms in total. The first-order chi connectivity index (χ1) is 18.0. The summed E-state index contributed by atoms with van der Waals surface area (Å²) < 4.78 is 0.811. The van der Waals surface area contributed by atoms with Crippen molar-refractivity contribution in [2.24, 2.45) is 5.73 Å². The van der Waals surface area contributed by atoms with Crippen LogP contribution in [0, 0.1) is 0 Å². The highest BCUT2D eigenvalue weighted by Gasteiger charge is 2.15. The number of likely N-dealkylation sites (N-methyl/N-ethyl adjacent to an activating group) is 1. The van der Waals surface area contributed by atoms with Gasteiger partial charge in [-0.3, -0.25) is 4.79 Å². The second-order valence-corrected chi connectivity index (χ2v) is 10.2. The third-order valence-electron chi connectivity index (χ3n) is 6.31. The molecule has 4 rings (SSSR count). The van der Waals surface area contributed by atoms with E-state index in [2.05, 4.69) is 58.7 Å². The minimum absolute atomic E-state index is 0.232. The van der Waals surface area contributed by atoms with Gasteiger partial charge in [-0.2, -0.15) is 4.98 Å². The van der Waals surface area contributed by atoms with E-state index in [0.717, 1.165) is 67.2 Å². The molecular weight excluding hydrogens is 532 g/mol. The van der Waals surface area contributed by atoms with Gasteiger partial charge in [-0.1, -0.05) is 36.4 Å². The highest BCUT2D eigenvalue weighted by molar-refractivity contribution is 9.10. The quantitative estimate of drug-likeness (QED) is 0.261. The lowest BCUT2D eigenvalue weighted by Crippen LogP contribution is -2.44. The summed E-state index contributed by atoms with van der Waals surface area (Å²) in [6, 6.07) is 16.5. The predicted octanol–water partition coefficient (Wildman–Crippen LogP) is 3.54. The maximum Gasteiger partial charge on any atom is 0.241 e. The van der Waals surface area contributed by atoms with Gasteiger partial charge in [0, 0.05) is 50.3 Å². The summed E-state index contributed by atoms with van der Waals surface area (Å²) in [6.45, 7) is 6.41. The molecule has 1 amide bonds. The maximum absolute atomic E-state index is 12.6. The number of nitrogens with one attached hydrogen (secondary N) is 3. The molecule has 2 aromatic carbocycles. The Kier molecular flexibility index (Phi) is 9.84. The predicted molar refractivity (Wildman–Crippen MR) is 153 cm³/mol. The number of nitrogens with two attached hydrogens (primary N) is 1. The van der Waals surface area contributed by atoms with Gasteiger partial charge >= 0.3 is 0 Å². The Morgan fingerprint density at radius 3 is 2.62 bits per heavy atom. The van der Waals surface area contributed by atoms with Gasteiger partial charge in [0.15, 0.2) is 0 Å². The molecule has 1 aliphatic rings. The maximum atomic E-state index is 12.6. The summed E-state index contributed by atoms with van der Waals surface area (Å²) in [5.41, 5.74) is 8.56. The van der Waals surface area contributed by atoms with E-state index in [0.29, 0.717) is 18.1 Å². The number of nitrogens with zero attached hydrogens (tertiary/aromatic N) is 4. The van der Waals surface area contributed by atoms with E-state index in [-0.39, 0.29) is 5.91 Å². The van der Waals surface area contributed by atoms with Gasteiger partial charge < -0.3 is 31.5 Å². The second-order valence-electron chi connectivity index (χ2n) is 9.31. The highest BCUT2D eigenvalue weighted by atomic mass is 79.9. The summed E-state index contributed by atoms with van der Waals surface area (Å²) in [5, 5.41) is 9.53. The van der Waals surface area contributed by atoms with Gasteiger partial charge in [0.2, 0.25) is 11.9 Å². The first-order valence-corrected chi connectivity index (χ1v) is 13.4. The van der Waals surface area contributed by atoms with Crippen LogP contribution >= 0.6 is 15.9 Å². The van der Waals surface area contributed by atoms with Crippen LogP contribution in [0.4, 0.5) is 23.1 Å². The summed E-state index contributed by atoms with van der Waals surface area (Å²) >= 11 is 3.54. The van der Waals surface area contributed by atoms with Crippen LogP contribution in [0.1, 0.15) is 12.0 Å². The molecule has 5 N–H and O–H groups in total. The lowest BCUT2D eigenvalue weighted by Gasteiger charge is -2.32. The molecule has 196 valence electrons. The standard InChI is InChI=1S/C27H35BrN8O/c1-35-13-15-36(16-14-35)12-6-11-30-25-23(28)19-31-27(34-25)33-22-10-5-9-21(18-22)32-26(37)24(29)17-20-7-3-2-4-8-20/h2-5,7-10,18-19,24H,6,11-17,29H2,1H3,(H,32,37)(H2,30,31,33,34). The minimum atomic E-state index is -0.640. The summed E-state index contributed by atoms with van der Waals surface area (Å²) in [7, 11) is 2.17. The third kappa shape index (κ3) is 8.50. The molecule has 10 heteroatoms. The topological polar surface area (TPSA) is 111 Å². The highest BCUT2D eigenvalue weighted by Crippen LogP contribution is 2.23. The van der Waals surface area contributed by atoms with Gasteiger partial charge in [-0.25, -0.2) is 4.98 Å². The lowest BCUT2D eigenvalue weighted by atomic mass is 10.1. The number of aromatic nitrogens is 2. The lowest BCUT2D eigenvalue weighted by molar-refractivity contribution is -0.117. The molecule has 37 heavy (non-hydrogen) atoms. The van der Waals surface area contributed by atoms with E-state index < -0.39 is 6.04 Å². The molecule has 2 heterocycles. The molecule has 1 aromatic heterocycles. The van der Waals surface area contributed by atoms with Crippen molar-refractivity contribution in [1.82, 2.24) is 19.8 Å². The largest absolute Gasteiger partial charge is 0.369 e. The molecular formula is C27H35BrN8O. The smallest absolute Gasteiger partial charge is 0.241 e. The molecule has 1 atom stereocenters. The SMILES string of the molecule is CN1CCN(CCCNc2nc(Nc3cccc(NC(=O)C(N)Cc4ccccc4)c3)ncc2Br)CC1. The normalized spacial score (nSPS) is 15.2. The number of amides is 1. The van der Waals surface area contributed by atoms with Crippen molar-refractivity contribution in [3.05, 3.63) is 70.8 Å². The van der Waals surface area contributed by atoms with Crippen molar-refractivity contribution in [2.45, 2.75) is 18.9 Å². The van der Waals surface area contributed by atoms with Crippen LogP contribution in [0.25, 0.3) is 0 Å². The van der Waals surface area contributed by atoms with E-state index in [1.165, 1.54) is 0 Å². The van der Waals surface area contributed by atoms with Gasteiger partial charge in [0.1, 0.15) is 5.82 Å². The number of hydrogen-bond donors (Lipinski definition) is 4. The zero-order chi connectivity index (χ0) is 26.0. The van der Waals surface area contributed by atoms with Gasteiger partial charge in [0.25, 0.3) is 0 Å². The van der Waals surface area contributed by atoms with Crippen molar-refractivity contribution in [1.29, 1.82) is 0 Å². The Balaban J connectivity index is 1.28. The average Bonchev–Trinajstić information content (AvgIpc) is 2.90. The van der Waals surface area contributed by atoms with Crippen LogP contribution in [0.3, 0.4) is 0 Å². The Bertz CT molecular complexity index is 1150.